The Bertz CT molecular complexity index is 861. The highest BCUT2D eigenvalue weighted by Gasteiger charge is 2.38. The molecule has 1 aliphatic heterocycles. The molecule has 1 saturated heterocycles. The van der Waals surface area contributed by atoms with Crippen molar-refractivity contribution in [1.29, 1.82) is 5.41 Å². The van der Waals surface area contributed by atoms with Crippen molar-refractivity contribution < 1.29 is 4.39 Å². The zero-order chi connectivity index (χ0) is 22.5. The Hall–Kier alpha value is -2.82. The Morgan fingerprint density at radius 1 is 1.23 bits per heavy atom. The van der Waals surface area contributed by atoms with Gasteiger partial charge in [0.1, 0.15) is 5.67 Å². The molecular weight excluding hydrogens is 375 g/mol. The van der Waals surface area contributed by atoms with Crippen LogP contribution in [-0.4, -0.2) is 18.9 Å². The zero-order valence-electron chi connectivity index (χ0n) is 18.5. The summed E-state index contributed by atoms with van der Waals surface area (Å²) in [4.78, 5) is 2.27. The zero-order valence-corrected chi connectivity index (χ0v) is 18.5. The predicted octanol–water partition coefficient (Wildman–Crippen LogP) is 5.08. The average molecular weight is 411 g/mol. The highest BCUT2D eigenvalue weighted by atomic mass is 19.1. The van der Waals surface area contributed by atoms with Gasteiger partial charge in [0.05, 0.1) is 5.84 Å². The van der Waals surface area contributed by atoms with E-state index in [9.17, 15) is 0 Å². The Labute approximate surface area is 180 Å². The molecule has 0 amide bonds. The van der Waals surface area contributed by atoms with E-state index in [1.807, 2.05) is 51.1 Å². The Morgan fingerprint density at radius 2 is 1.83 bits per heavy atom. The van der Waals surface area contributed by atoms with Gasteiger partial charge in [0.2, 0.25) is 0 Å². The molecule has 0 radical (unpaired) electrons. The summed E-state index contributed by atoms with van der Waals surface area (Å²) in [6.07, 6.45) is 1.25. The van der Waals surface area contributed by atoms with Gasteiger partial charge in [-0.05, 0) is 54.8 Å². The number of rotatable bonds is 5. The highest BCUT2D eigenvalue weighted by Crippen LogP contribution is 2.40. The van der Waals surface area contributed by atoms with Gasteiger partial charge in [0, 0.05) is 30.6 Å². The van der Waals surface area contributed by atoms with E-state index in [0.717, 1.165) is 28.9 Å². The second-order valence-corrected chi connectivity index (χ2v) is 8.45. The van der Waals surface area contributed by atoms with Gasteiger partial charge in [-0.3, -0.25) is 5.41 Å². The SMILES string of the molecule is C=CN.Cc1ccc(C2CN(c3ccccc3)CC2C(=N)N)cc1C(C)(F)C(C)C. The van der Waals surface area contributed by atoms with Crippen molar-refractivity contribution in [2.45, 2.75) is 39.3 Å². The summed E-state index contributed by atoms with van der Waals surface area (Å²) in [6.45, 7) is 12.1. The van der Waals surface area contributed by atoms with E-state index in [1.54, 1.807) is 6.92 Å². The monoisotopic (exact) mass is 410 g/mol. The summed E-state index contributed by atoms with van der Waals surface area (Å²) in [5, 5.41) is 8.09. The molecule has 0 aromatic heterocycles. The van der Waals surface area contributed by atoms with Crippen molar-refractivity contribution in [1.82, 2.24) is 0 Å². The summed E-state index contributed by atoms with van der Waals surface area (Å²) in [7, 11) is 0. The van der Waals surface area contributed by atoms with Gasteiger partial charge in [0.15, 0.2) is 0 Å². The summed E-state index contributed by atoms with van der Waals surface area (Å²) in [5.41, 5.74) is 13.1. The maximum Gasteiger partial charge on any atom is 0.135 e. The van der Waals surface area contributed by atoms with Crippen molar-refractivity contribution >= 4 is 11.5 Å². The Morgan fingerprint density at radius 3 is 2.37 bits per heavy atom. The molecule has 1 heterocycles. The molecule has 0 spiro atoms. The molecule has 2 aromatic carbocycles. The van der Waals surface area contributed by atoms with Gasteiger partial charge < -0.3 is 16.4 Å². The molecule has 1 aliphatic rings. The number of hydrogen-bond donors (Lipinski definition) is 3. The first-order chi connectivity index (χ1) is 14.1. The number of nitrogens with one attached hydrogen (secondary N) is 1. The van der Waals surface area contributed by atoms with Crippen LogP contribution < -0.4 is 16.4 Å². The van der Waals surface area contributed by atoms with E-state index in [-0.39, 0.29) is 23.6 Å². The summed E-state index contributed by atoms with van der Waals surface area (Å²) >= 11 is 0. The Balaban J connectivity index is 0.00000101. The lowest BCUT2D eigenvalue weighted by Crippen LogP contribution is -2.29. The van der Waals surface area contributed by atoms with Crippen LogP contribution >= 0.6 is 0 Å². The van der Waals surface area contributed by atoms with Crippen molar-refractivity contribution in [2.24, 2.45) is 23.3 Å². The van der Waals surface area contributed by atoms with Gasteiger partial charge in [0.25, 0.3) is 0 Å². The predicted molar refractivity (Wildman–Crippen MR) is 126 cm³/mol. The second-order valence-electron chi connectivity index (χ2n) is 8.45. The van der Waals surface area contributed by atoms with Crippen LogP contribution in [0.3, 0.4) is 0 Å². The van der Waals surface area contributed by atoms with Crippen LogP contribution in [0.25, 0.3) is 0 Å². The van der Waals surface area contributed by atoms with E-state index in [1.165, 1.54) is 6.20 Å². The van der Waals surface area contributed by atoms with Crippen LogP contribution in [0.4, 0.5) is 10.1 Å². The molecule has 4 nitrogen and oxygen atoms in total. The fraction of sp³-hybridized carbons (Fsp3) is 0.400. The standard InChI is InChI=1S/C23H30FN3.C2H5N/c1-15(2)23(4,24)21-12-17(11-10-16(21)3)19-13-27(14-20(19)22(25)26)18-8-6-5-7-9-18;1-2-3/h5-12,15,19-20H,13-14H2,1-4H3,(H3,25,26);2H,1,3H2. The first-order valence-corrected chi connectivity index (χ1v) is 10.4. The minimum Gasteiger partial charge on any atom is -0.405 e. The number of amidine groups is 1. The minimum atomic E-state index is -1.39. The number of aryl methyl sites for hydroxylation is 1. The number of nitrogens with two attached hydrogens (primary N) is 2. The van der Waals surface area contributed by atoms with E-state index in [0.29, 0.717) is 6.54 Å². The van der Waals surface area contributed by atoms with Crippen LogP contribution in [0.15, 0.2) is 61.3 Å². The second kappa shape index (κ2) is 9.79. The van der Waals surface area contributed by atoms with Crippen LogP contribution in [0.1, 0.15) is 43.4 Å². The van der Waals surface area contributed by atoms with Gasteiger partial charge in [-0.15, -0.1) is 0 Å². The number of alkyl halides is 1. The van der Waals surface area contributed by atoms with E-state index >= 15 is 4.39 Å². The van der Waals surface area contributed by atoms with Crippen LogP contribution in [0.5, 0.6) is 0 Å². The number of halogens is 1. The molecule has 3 unspecified atom stereocenters. The number of para-hydroxylation sites is 1. The molecule has 0 aliphatic carbocycles. The molecule has 2 aromatic rings. The van der Waals surface area contributed by atoms with Crippen molar-refractivity contribution in [2.75, 3.05) is 18.0 Å². The molecule has 5 heteroatoms. The van der Waals surface area contributed by atoms with Gasteiger partial charge in [-0.1, -0.05) is 56.8 Å². The summed E-state index contributed by atoms with van der Waals surface area (Å²) < 4.78 is 15.4. The summed E-state index contributed by atoms with van der Waals surface area (Å²) in [5.74, 6) is 0.113. The highest BCUT2D eigenvalue weighted by molar-refractivity contribution is 5.82. The first kappa shape index (κ1) is 23.5. The Kier molecular flexibility index (Phi) is 7.65. The van der Waals surface area contributed by atoms with Gasteiger partial charge in [-0.2, -0.15) is 0 Å². The third kappa shape index (κ3) is 5.02. The smallest absolute Gasteiger partial charge is 0.135 e. The molecule has 3 atom stereocenters. The van der Waals surface area contributed by atoms with Crippen LogP contribution in [0.2, 0.25) is 0 Å². The quantitative estimate of drug-likeness (QED) is 0.475. The maximum atomic E-state index is 15.4. The fourth-order valence-corrected chi connectivity index (χ4v) is 4.01. The third-order valence-corrected chi connectivity index (χ3v) is 6.14. The molecule has 0 saturated carbocycles. The van der Waals surface area contributed by atoms with Crippen molar-refractivity contribution in [3.8, 4) is 0 Å². The number of nitrogens with zero attached hydrogens (tertiary/aromatic N) is 1. The van der Waals surface area contributed by atoms with E-state index < -0.39 is 5.67 Å². The number of hydrogen-bond acceptors (Lipinski definition) is 3. The average Bonchev–Trinajstić information content (AvgIpc) is 3.15. The molecule has 1 fully saturated rings. The van der Waals surface area contributed by atoms with Crippen LogP contribution in [-0.2, 0) is 5.67 Å². The molecule has 0 bridgehead atoms. The topological polar surface area (TPSA) is 79.1 Å². The van der Waals surface area contributed by atoms with E-state index in [2.05, 4.69) is 35.4 Å². The van der Waals surface area contributed by atoms with Crippen molar-refractivity contribution in [3.63, 3.8) is 0 Å². The molecule has 3 rings (SSSR count). The maximum absolute atomic E-state index is 15.4. The molecule has 162 valence electrons. The van der Waals surface area contributed by atoms with Gasteiger partial charge in [-0.25, -0.2) is 4.39 Å². The molecule has 5 N–H and O–H groups in total. The third-order valence-electron chi connectivity index (χ3n) is 6.14. The first-order valence-electron chi connectivity index (χ1n) is 10.4. The molecule has 30 heavy (non-hydrogen) atoms. The molecular formula is C25H35FN4. The minimum absolute atomic E-state index is 0.0642. The summed E-state index contributed by atoms with van der Waals surface area (Å²) in [6, 6.07) is 16.3. The fourth-order valence-electron chi connectivity index (χ4n) is 4.01. The lowest BCUT2D eigenvalue weighted by Gasteiger charge is -2.28. The normalized spacial score (nSPS) is 20.3. The number of benzene rings is 2. The number of anilines is 1. The van der Waals surface area contributed by atoms with E-state index in [4.69, 9.17) is 11.1 Å². The van der Waals surface area contributed by atoms with Gasteiger partial charge >= 0.3 is 0 Å². The lowest BCUT2D eigenvalue weighted by atomic mass is 9.80. The lowest BCUT2D eigenvalue weighted by molar-refractivity contribution is 0.122. The van der Waals surface area contributed by atoms with Crippen LogP contribution in [0, 0.1) is 24.2 Å². The largest absolute Gasteiger partial charge is 0.405 e. The van der Waals surface area contributed by atoms with Crippen molar-refractivity contribution in [3.05, 3.63) is 78.0 Å².